The molecule has 29 heavy (non-hydrogen) atoms. The Labute approximate surface area is 170 Å². The summed E-state index contributed by atoms with van der Waals surface area (Å²) in [4.78, 5) is 17.4. The number of piperidine rings is 1. The number of anilines is 1. The van der Waals surface area contributed by atoms with Crippen LogP contribution in [0.1, 0.15) is 48.9 Å². The number of amides is 1. The van der Waals surface area contributed by atoms with E-state index in [1.54, 1.807) is 4.31 Å². The van der Waals surface area contributed by atoms with Crippen molar-refractivity contribution in [2.24, 2.45) is 0 Å². The average Bonchev–Trinajstić information content (AvgIpc) is 3.61. The number of carbonyl (C=O) groups is 1. The Morgan fingerprint density at radius 1 is 1.00 bits per heavy atom. The molecule has 1 aromatic heterocycles. The quantitative estimate of drug-likeness (QED) is 0.758. The fourth-order valence-electron chi connectivity index (χ4n) is 3.97. The van der Waals surface area contributed by atoms with Gasteiger partial charge in [0.15, 0.2) is 0 Å². The zero-order valence-corrected chi connectivity index (χ0v) is 17.1. The van der Waals surface area contributed by atoms with Crippen molar-refractivity contribution in [3.05, 3.63) is 35.9 Å². The molecule has 1 aliphatic heterocycles. The van der Waals surface area contributed by atoms with Crippen LogP contribution in [0.3, 0.4) is 0 Å². The summed E-state index contributed by atoms with van der Waals surface area (Å²) in [6.07, 6.45) is 5.17. The predicted molar refractivity (Wildman–Crippen MR) is 112 cm³/mol. The standard InChI is InChI=1S/C21H26N4O3S/c26-21(23-14-5-6-14)18-13-20(24-19-4-2-1-3-17(18)19)22-15-9-11-25(12-10-15)29(27,28)16-7-8-16/h1-4,13-16H,5-12H2,(H,22,24)(H,23,26). The Morgan fingerprint density at radius 3 is 2.41 bits per heavy atom. The van der Waals surface area contributed by atoms with Crippen LogP contribution in [-0.4, -0.2) is 54.0 Å². The molecule has 2 heterocycles. The van der Waals surface area contributed by atoms with Gasteiger partial charge in [0.2, 0.25) is 10.0 Å². The molecule has 8 heteroatoms. The molecule has 154 valence electrons. The first-order valence-corrected chi connectivity index (χ1v) is 12.0. The van der Waals surface area contributed by atoms with E-state index in [4.69, 9.17) is 4.98 Å². The topological polar surface area (TPSA) is 91.4 Å². The van der Waals surface area contributed by atoms with E-state index < -0.39 is 10.0 Å². The van der Waals surface area contributed by atoms with Gasteiger partial charge in [-0.15, -0.1) is 0 Å². The lowest BCUT2D eigenvalue weighted by molar-refractivity contribution is 0.0952. The Balaban J connectivity index is 1.32. The zero-order valence-electron chi connectivity index (χ0n) is 16.3. The molecule has 3 fully saturated rings. The van der Waals surface area contributed by atoms with Crippen molar-refractivity contribution in [1.82, 2.24) is 14.6 Å². The van der Waals surface area contributed by atoms with E-state index in [1.807, 2.05) is 30.3 Å². The molecule has 2 N–H and O–H groups in total. The number of aromatic nitrogens is 1. The summed E-state index contributed by atoms with van der Waals surface area (Å²) >= 11 is 0. The van der Waals surface area contributed by atoms with Gasteiger partial charge in [-0.25, -0.2) is 17.7 Å². The first kappa shape index (κ1) is 18.8. The Hall–Kier alpha value is -2.19. The van der Waals surface area contributed by atoms with Crippen LogP contribution in [-0.2, 0) is 10.0 Å². The maximum Gasteiger partial charge on any atom is 0.252 e. The van der Waals surface area contributed by atoms with Crippen molar-refractivity contribution in [1.29, 1.82) is 0 Å². The van der Waals surface area contributed by atoms with Crippen molar-refractivity contribution in [3.63, 3.8) is 0 Å². The van der Waals surface area contributed by atoms with Crippen molar-refractivity contribution in [3.8, 4) is 0 Å². The second-order valence-corrected chi connectivity index (χ2v) is 10.6. The van der Waals surface area contributed by atoms with E-state index >= 15 is 0 Å². The van der Waals surface area contributed by atoms with Gasteiger partial charge in [0.05, 0.1) is 16.3 Å². The van der Waals surface area contributed by atoms with Crippen molar-refractivity contribution < 1.29 is 13.2 Å². The van der Waals surface area contributed by atoms with Crippen LogP contribution < -0.4 is 10.6 Å². The van der Waals surface area contributed by atoms with Gasteiger partial charge in [-0.05, 0) is 50.7 Å². The van der Waals surface area contributed by atoms with Gasteiger partial charge in [0.25, 0.3) is 5.91 Å². The number of nitrogens with zero attached hydrogens (tertiary/aromatic N) is 2. The van der Waals surface area contributed by atoms with E-state index in [2.05, 4.69) is 10.6 Å². The fraction of sp³-hybridized carbons (Fsp3) is 0.524. The van der Waals surface area contributed by atoms with Crippen LogP contribution in [0.4, 0.5) is 5.82 Å². The predicted octanol–water partition coefficient (Wildman–Crippen LogP) is 2.50. The molecule has 1 aromatic carbocycles. The molecule has 1 amide bonds. The number of carbonyl (C=O) groups excluding carboxylic acids is 1. The molecule has 3 aliphatic rings. The van der Waals surface area contributed by atoms with Gasteiger partial charge in [-0.3, -0.25) is 4.79 Å². The lowest BCUT2D eigenvalue weighted by atomic mass is 10.1. The van der Waals surface area contributed by atoms with Crippen molar-refractivity contribution in [2.45, 2.75) is 55.9 Å². The van der Waals surface area contributed by atoms with Crippen LogP contribution in [0.15, 0.2) is 30.3 Å². The monoisotopic (exact) mass is 414 g/mol. The highest BCUT2D eigenvalue weighted by Crippen LogP contribution is 2.33. The minimum atomic E-state index is -3.10. The van der Waals surface area contributed by atoms with E-state index in [0.717, 1.165) is 49.4 Å². The molecule has 2 aliphatic carbocycles. The van der Waals surface area contributed by atoms with Gasteiger partial charge in [0.1, 0.15) is 5.82 Å². The van der Waals surface area contributed by atoms with Crippen LogP contribution in [0.25, 0.3) is 10.9 Å². The third-order valence-corrected chi connectivity index (χ3v) is 8.38. The number of hydrogen-bond donors (Lipinski definition) is 2. The molecule has 0 bridgehead atoms. The highest BCUT2D eigenvalue weighted by molar-refractivity contribution is 7.90. The molecule has 2 aromatic rings. The number of pyridine rings is 1. The van der Waals surface area contributed by atoms with Gasteiger partial charge < -0.3 is 10.6 Å². The van der Waals surface area contributed by atoms with Crippen molar-refractivity contribution >= 4 is 32.7 Å². The summed E-state index contributed by atoms with van der Waals surface area (Å²) in [5, 5.41) is 7.20. The van der Waals surface area contributed by atoms with Gasteiger partial charge in [-0.2, -0.15) is 0 Å². The number of hydrogen-bond acceptors (Lipinski definition) is 5. The summed E-state index contributed by atoms with van der Waals surface area (Å²) in [6.45, 7) is 1.08. The number of benzene rings is 1. The van der Waals surface area contributed by atoms with Crippen molar-refractivity contribution in [2.75, 3.05) is 18.4 Å². The molecule has 0 atom stereocenters. The molecule has 2 saturated carbocycles. The Morgan fingerprint density at radius 2 is 1.72 bits per heavy atom. The average molecular weight is 415 g/mol. The minimum absolute atomic E-state index is 0.0560. The van der Waals surface area contributed by atoms with Gasteiger partial charge in [0, 0.05) is 30.6 Å². The molecule has 7 nitrogen and oxygen atoms in total. The second kappa shape index (κ2) is 7.25. The molecular weight excluding hydrogens is 388 g/mol. The Bertz CT molecular complexity index is 1040. The first-order chi connectivity index (χ1) is 14.0. The fourth-order valence-corrected chi connectivity index (χ4v) is 5.84. The number of sulfonamides is 1. The SMILES string of the molecule is O=C(NC1CC1)c1cc(NC2CCN(S(=O)(=O)C3CC3)CC2)nc2ccccc12. The molecular formula is C21H26N4O3S. The normalized spacial score (nSPS) is 21.2. The third-order valence-electron chi connectivity index (χ3n) is 5.98. The largest absolute Gasteiger partial charge is 0.367 e. The number of para-hydroxylation sites is 1. The van der Waals surface area contributed by atoms with E-state index in [9.17, 15) is 13.2 Å². The molecule has 0 radical (unpaired) electrons. The summed E-state index contributed by atoms with van der Waals surface area (Å²) in [6, 6.07) is 9.95. The molecule has 1 saturated heterocycles. The lowest BCUT2D eigenvalue weighted by Crippen LogP contribution is -2.43. The lowest BCUT2D eigenvalue weighted by Gasteiger charge is -2.32. The minimum Gasteiger partial charge on any atom is -0.367 e. The summed E-state index contributed by atoms with van der Waals surface area (Å²) in [5.74, 6) is 0.618. The molecule has 0 spiro atoms. The number of nitrogens with one attached hydrogen (secondary N) is 2. The first-order valence-electron chi connectivity index (χ1n) is 10.5. The second-order valence-electron chi connectivity index (χ2n) is 8.38. The third kappa shape index (κ3) is 3.96. The summed E-state index contributed by atoms with van der Waals surface area (Å²) in [5.41, 5.74) is 1.42. The highest BCUT2D eigenvalue weighted by Gasteiger charge is 2.41. The maximum atomic E-state index is 12.7. The van der Waals surface area contributed by atoms with Crippen LogP contribution >= 0.6 is 0 Å². The van der Waals surface area contributed by atoms with E-state index in [-0.39, 0.29) is 17.2 Å². The van der Waals surface area contributed by atoms with Crippen LogP contribution in [0, 0.1) is 0 Å². The molecule has 5 rings (SSSR count). The highest BCUT2D eigenvalue weighted by atomic mass is 32.2. The summed E-state index contributed by atoms with van der Waals surface area (Å²) < 4.78 is 26.5. The Kier molecular flexibility index (Phi) is 4.70. The van der Waals surface area contributed by atoms with Crippen LogP contribution in [0.5, 0.6) is 0 Å². The van der Waals surface area contributed by atoms with E-state index in [1.165, 1.54) is 0 Å². The smallest absolute Gasteiger partial charge is 0.252 e. The van der Waals surface area contributed by atoms with Gasteiger partial charge >= 0.3 is 0 Å². The zero-order chi connectivity index (χ0) is 20.0. The van der Waals surface area contributed by atoms with E-state index in [0.29, 0.717) is 30.5 Å². The summed E-state index contributed by atoms with van der Waals surface area (Å²) in [7, 11) is -3.10. The van der Waals surface area contributed by atoms with Crippen LogP contribution in [0.2, 0.25) is 0 Å². The maximum absolute atomic E-state index is 12.7. The number of fused-ring (bicyclic) bond motifs is 1. The number of rotatable bonds is 6. The van der Waals surface area contributed by atoms with Gasteiger partial charge in [-0.1, -0.05) is 18.2 Å². The molecule has 0 unspecified atom stereocenters.